The van der Waals surface area contributed by atoms with Crippen LogP contribution in [0.25, 0.3) is 0 Å². The van der Waals surface area contributed by atoms with Gasteiger partial charge in [0.05, 0.1) is 15.9 Å². The van der Waals surface area contributed by atoms with Crippen LogP contribution in [0.3, 0.4) is 0 Å². The molecular formula is C5H5Cl3. The predicted octanol–water partition coefficient (Wildman–Crippen LogP) is 3.10. The fraction of sp³-hybridized carbons (Fsp3) is 0.200. The Bertz CT molecular complexity index is 115. The van der Waals surface area contributed by atoms with Gasteiger partial charge in [-0.2, -0.15) is 0 Å². The monoisotopic (exact) mass is 170 g/mol. The first kappa shape index (κ1) is 8.35. The highest BCUT2D eigenvalue weighted by Gasteiger charge is 1.92. The molecule has 0 aromatic heterocycles. The molecule has 46 valence electrons. The fourth-order valence-corrected chi connectivity index (χ4v) is 0.531. The van der Waals surface area contributed by atoms with Crippen molar-refractivity contribution >= 4 is 34.8 Å². The van der Waals surface area contributed by atoms with E-state index in [1.54, 1.807) is 0 Å². The Labute approximate surface area is 63.7 Å². The van der Waals surface area contributed by atoms with Gasteiger partial charge in [0.1, 0.15) is 0 Å². The first-order chi connectivity index (χ1) is 3.72. The van der Waals surface area contributed by atoms with Crippen LogP contribution in [0.2, 0.25) is 0 Å². The molecule has 0 aliphatic heterocycles. The second-order valence-corrected chi connectivity index (χ2v) is 2.22. The molecule has 0 aliphatic rings. The van der Waals surface area contributed by atoms with Gasteiger partial charge in [0.25, 0.3) is 0 Å². The molecule has 0 fully saturated rings. The molecule has 0 atom stereocenters. The summed E-state index contributed by atoms with van der Waals surface area (Å²) < 4.78 is 0. The molecule has 0 rings (SSSR count). The molecule has 3 heteroatoms. The summed E-state index contributed by atoms with van der Waals surface area (Å²) in [6.07, 6.45) is 1.45. The summed E-state index contributed by atoms with van der Waals surface area (Å²) in [6.45, 7) is 3.40. The molecule has 0 spiro atoms. The Balaban J connectivity index is 4.03. The summed E-state index contributed by atoms with van der Waals surface area (Å²) >= 11 is 16.2. The number of rotatable bonds is 2. The summed E-state index contributed by atoms with van der Waals surface area (Å²) in [4.78, 5) is 0. The van der Waals surface area contributed by atoms with Crippen molar-refractivity contribution in [2.24, 2.45) is 0 Å². The van der Waals surface area contributed by atoms with E-state index in [0.717, 1.165) is 0 Å². The van der Waals surface area contributed by atoms with E-state index in [-0.39, 0.29) is 5.88 Å². The molecule has 8 heavy (non-hydrogen) atoms. The van der Waals surface area contributed by atoms with Crippen molar-refractivity contribution in [3.8, 4) is 0 Å². The van der Waals surface area contributed by atoms with Crippen LogP contribution in [0.5, 0.6) is 0 Å². The predicted molar refractivity (Wildman–Crippen MR) is 39.6 cm³/mol. The third kappa shape index (κ3) is 2.61. The maximum absolute atomic E-state index is 5.46. The first-order valence-corrected chi connectivity index (χ1v) is 3.24. The Morgan fingerprint density at radius 2 is 2.00 bits per heavy atom. The summed E-state index contributed by atoms with van der Waals surface area (Å²) in [7, 11) is 0. The van der Waals surface area contributed by atoms with Crippen LogP contribution in [0, 0.1) is 0 Å². The largest absolute Gasteiger partial charge is 0.121 e. The average Bonchev–Trinajstić information content (AvgIpc) is 1.84. The van der Waals surface area contributed by atoms with Gasteiger partial charge in [0.2, 0.25) is 0 Å². The van der Waals surface area contributed by atoms with E-state index in [1.807, 2.05) is 0 Å². The highest BCUT2D eigenvalue weighted by Crippen LogP contribution is 2.15. The Morgan fingerprint density at radius 1 is 1.50 bits per heavy atom. The van der Waals surface area contributed by atoms with Crippen molar-refractivity contribution in [3.05, 3.63) is 22.7 Å². The molecule has 0 bridgehead atoms. The van der Waals surface area contributed by atoms with E-state index in [1.165, 1.54) is 6.08 Å². The van der Waals surface area contributed by atoms with Crippen LogP contribution >= 0.6 is 34.8 Å². The molecular weight excluding hydrogens is 166 g/mol. The van der Waals surface area contributed by atoms with Gasteiger partial charge in [-0.15, -0.1) is 11.6 Å². The molecule has 0 aromatic carbocycles. The number of hydrogen-bond donors (Lipinski definition) is 0. The highest BCUT2D eigenvalue weighted by atomic mass is 35.5. The van der Waals surface area contributed by atoms with E-state index >= 15 is 0 Å². The SMILES string of the molecule is C=CC(Cl)=C(Cl)CCl. The summed E-state index contributed by atoms with van der Waals surface area (Å²) in [6, 6.07) is 0. The first-order valence-electron chi connectivity index (χ1n) is 1.95. The molecule has 0 aromatic rings. The van der Waals surface area contributed by atoms with Crippen molar-refractivity contribution in [2.45, 2.75) is 0 Å². The van der Waals surface area contributed by atoms with E-state index in [0.29, 0.717) is 10.1 Å². The zero-order valence-corrected chi connectivity index (χ0v) is 6.39. The van der Waals surface area contributed by atoms with Crippen LogP contribution in [0.1, 0.15) is 0 Å². The lowest BCUT2D eigenvalue weighted by Gasteiger charge is -1.89. The van der Waals surface area contributed by atoms with Crippen LogP contribution in [-0.4, -0.2) is 5.88 Å². The molecule has 0 unspecified atom stereocenters. The Hall–Kier alpha value is 0.350. The van der Waals surface area contributed by atoms with Crippen LogP contribution in [0.15, 0.2) is 22.7 Å². The summed E-state index contributed by atoms with van der Waals surface area (Å²) in [5.74, 6) is 0.242. The average molecular weight is 171 g/mol. The van der Waals surface area contributed by atoms with Gasteiger partial charge in [0.15, 0.2) is 0 Å². The van der Waals surface area contributed by atoms with E-state index in [4.69, 9.17) is 34.8 Å². The molecule has 0 nitrogen and oxygen atoms in total. The van der Waals surface area contributed by atoms with Gasteiger partial charge in [-0.05, 0) is 6.08 Å². The van der Waals surface area contributed by atoms with Crippen molar-refractivity contribution in [3.63, 3.8) is 0 Å². The standard InChI is InChI=1S/C5H5Cl3/c1-2-4(7)5(8)3-6/h2H,1,3H2. The van der Waals surface area contributed by atoms with Crippen molar-refractivity contribution in [2.75, 3.05) is 5.88 Å². The third-order valence-electron chi connectivity index (χ3n) is 0.556. The van der Waals surface area contributed by atoms with Gasteiger partial charge in [0, 0.05) is 0 Å². The fourth-order valence-electron chi connectivity index (χ4n) is 0.175. The van der Waals surface area contributed by atoms with Crippen LogP contribution in [0.4, 0.5) is 0 Å². The van der Waals surface area contributed by atoms with Gasteiger partial charge in [-0.25, -0.2) is 0 Å². The molecule has 0 saturated heterocycles. The minimum atomic E-state index is 0.242. The summed E-state index contributed by atoms with van der Waals surface area (Å²) in [5.41, 5.74) is 0. The lowest BCUT2D eigenvalue weighted by Crippen LogP contribution is -1.73. The van der Waals surface area contributed by atoms with Gasteiger partial charge < -0.3 is 0 Å². The number of allylic oxidation sites excluding steroid dienone is 3. The summed E-state index contributed by atoms with van der Waals surface area (Å²) in [5, 5.41) is 0.852. The maximum Gasteiger partial charge on any atom is 0.0596 e. The third-order valence-corrected chi connectivity index (χ3v) is 1.78. The minimum absolute atomic E-state index is 0.242. The second kappa shape index (κ2) is 4.25. The van der Waals surface area contributed by atoms with Crippen molar-refractivity contribution in [1.82, 2.24) is 0 Å². The lowest BCUT2D eigenvalue weighted by atomic mass is 10.5. The zero-order chi connectivity index (χ0) is 6.57. The highest BCUT2D eigenvalue weighted by molar-refractivity contribution is 6.43. The molecule has 0 amide bonds. The molecule has 0 radical (unpaired) electrons. The van der Waals surface area contributed by atoms with Crippen molar-refractivity contribution in [1.29, 1.82) is 0 Å². The maximum atomic E-state index is 5.46. The van der Waals surface area contributed by atoms with Gasteiger partial charge in [-0.1, -0.05) is 29.8 Å². The van der Waals surface area contributed by atoms with Gasteiger partial charge in [-0.3, -0.25) is 0 Å². The topological polar surface area (TPSA) is 0 Å². The molecule has 0 N–H and O–H groups in total. The van der Waals surface area contributed by atoms with E-state index < -0.39 is 0 Å². The van der Waals surface area contributed by atoms with Crippen molar-refractivity contribution < 1.29 is 0 Å². The van der Waals surface area contributed by atoms with Gasteiger partial charge >= 0.3 is 0 Å². The normalized spacial score (nSPS) is 12.9. The smallest absolute Gasteiger partial charge is 0.0596 e. The van der Waals surface area contributed by atoms with Crippen LogP contribution < -0.4 is 0 Å². The Morgan fingerprint density at radius 3 is 2.12 bits per heavy atom. The van der Waals surface area contributed by atoms with Crippen LogP contribution in [-0.2, 0) is 0 Å². The second-order valence-electron chi connectivity index (χ2n) is 1.09. The lowest BCUT2D eigenvalue weighted by molar-refractivity contribution is 1.64. The molecule has 0 heterocycles. The number of hydrogen-bond acceptors (Lipinski definition) is 0. The number of alkyl halides is 1. The quantitative estimate of drug-likeness (QED) is 0.442. The zero-order valence-electron chi connectivity index (χ0n) is 4.13. The molecule has 0 saturated carbocycles. The number of halogens is 3. The Kier molecular flexibility index (Phi) is 4.44. The van der Waals surface area contributed by atoms with E-state index in [9.17, 15) is 0 Å². The minimum Gasteiger partial charge on any atom is -0.121 e. The molecule has 0 aliphatic carbocycles. The van der Waals surface area contributed by atoms with E-state index in [2.05, 4.69) is 6.58 Å².